The van der Waals surface area contributed by atoms with Crippen LogP contribution in [-0.4, -0.2) is 56.2 Å². The second-order valence-electron chi connectivity index (χ2n) is 6.51. The van der Waals surface area contributed by atoms with E-state index in [-0.39, 0.29) is 11.9 Å². The minimum absolute atomic E-state index is 0.00140. The Bertz CT molecular complexity index is 687. The predicted molar refractivity (Wildman–Crippen MR) is 96.9 cm³/mol. The average molecular weight is 343 g/mol. The van der Waals surface area contributed by atoms with Gasteiger partial charge in [0.2, 0.25) is 0 Å². The van der Waals surface area contributed by atoms with E-state index in [4.69, 9.17) is 14.2 Å². The van der Waals surface area contributed by atoms with Gasteiger partial charge in [-0.1, -0.05) is 18.7 Å². The van der Waals surface area contributed by atoms with Crippen LogP contribution in [0, 0.1) is 0 Å². The standard InChI is InChI=1S/C20H25NO4/c1-14(2)25-18-13-15(3)20(22)16-5-4-6-17(19(16)18)24-12-9-21-7-10-23-11-8-21/h4-6,13-14H,3,7-12H2,1-2H3. The van der Waals surface area contributed by atoms with Gasteiger partial charge in [-0.2, -0.15) is 0 Å². The summed E-state index contributed by atoms with van der Waals surface area (Å²) in [5, 5.41) is 0. The van der Waals surface area contributed by atoms with Crippen molar-refractivity contribution >= 4 is 11.5 Å². The molecule has 25 heavy (non-hydrogen) atoms. The number of hydrogen-bond donors (Lipinski definition) is 0. The van der Waals surface area contributed by atoms with Crippen molar-refractivity contribution in [2.24, 2.45) is 0 Å². The largest absolute Gasteiger partial charge is 0.491 e. The van der Waals surface area contributed by atoms with Crippen molar-refractivity contribution in [1.29, 1.82) is 0 Å². The Kier molecular flexibility index (Phi) is 5.56. The summed E-state index contributed by atoms with van der Waals surface area (Å²) in [4.78, 5) is 14.8. The lowest BCUT2D eigenvalue weighted by Crippen LogP contribution is -2.38. The number of allylic oxidation sites excluding steroid dienone is 2. The van der Waals surface area contributed by atoms with Gasteiger partial charge in [-0.15, -0.1) is 0 Å². The van der Waals surface area contributed by atoms with Crippen LogP contribution in [0.15, 0.2) is 36.4 Å². The number of fused-ring (bicyclic) bond motifs is 1. The fraction of sp³-hybridized carbons (Fsp3) is 0.450. The van der Waals surface area contributed by atoms with Crippen molar-refractivity contribution in [2.45, 2.75) is 20.0 Å². The highest BCUT2D eigenvalue weighted by atomic mass is 16.5. The van der Waals surface area contributed by atoms with Gasteiger partial charge in [0.15, 0.2) is 5.78 Å². The Morgan fingerprint density at radius 1 is 1.28 bits per heavy atom. The smallest absolute Gasteiger partial charge is 0.193 e. The highest BCUT2D eigenvalue weighted by molar-refractivity contribution is 6.16. The van der Waals surface area contributed by atoms with Crippen LogP contribution in [0.1, 0.15) is 29.8 Å². The zero-order chi connectivity index (χ0) is 17.8. The first-order valence-electron chi connectivity index (χ1n) is 8.74. The zero-order valence-corrected chi connectivity index (χ0v) is 14.9. The SMILES string of the molecule is C=C1C=C(OC(C)C)c2c(OCCN3CCOCC3)cccc2C1=O. The van der Waals surface area contributed by atoms with E-state index < -0.39 is 0 Å². The summed E-state index contributed by atoms with van der Waals surface area (Å²) in [6.45, 7) is 12.5. The molecule has 1 aliphatic heterocycles. The highest BCUT2D eigenvalue weighted by Crippen LogP contribution is 2.36. The molecule has 0 atom stereocenters. The molecule has 1 heterocycles. The van der Waals surface area contributed by atoms with Crippen molar-refractivity contribution in [3.8, 4) is 5.75 Å². The van der Waals surface area contributed by atoms with Crippen LogP contribution < -0.4 is 4.74 Å². The Balaban J connectivity index is 1.78. The van der Waals surface area contributed by atoms with Gasteiger partial charge in [0, 0.05) is 30.8 Å². The minimum atomic E-state index is -0.0789. The normalized spacial score (nSPS) is 18.1. The number of carbonyl (C=O) groups is 1. The number of hydrogen-bond acceptors (Lipinski definition) is 5. The summed E-state index contributed by atoms with van der Waals surface area (Å²) in [5.41, 5.74) is 1.76. The van der Waals surface area contributed by atoms with Gasteiger partial charge in [0.1, 0.15) is 18.1 Å². The highest BCUT2D eigenvalue weighted by Gasteiger charge is 2.27. The van der Waals surface area contributed by atoms with Crippen molar-refractivity contribution < 1.29 is 19.0 Å². The summed E-state index contributed by atoms with van der Waals surface area (Å²) in [5.74, 6) is 1.25. The lowest BCUT2D eigenvalue weighted by atomic mass is 9.91. The Hall–Kier alpha value is -2.11. The monoisotopic (exact) mass is 343 g/mol. The Morgan fingerprint density at radius 3 is 2.76 bits per heavy atom. The Morgan fingerprint density at radius 2 is 2.04 bits per heavy atom. The maximum Gasteiger partial charge on any atom is 0.193 e. The quantitative estimate of drug-likeness (QED) is 0.743. The first-order valence-corrected chi connectivity index (χ1v) is 8.74. The van der Waals surface area contributed by atoms with E-state index >= 15 is 0 Å². The lowest BCUT2D eigenvalue weighted by molar-refractivity contribution is 0.0322. The van der Waals surface area contributed by atoms with Gasteiger partial charge in [-0.25, -0.2) is 0 Å². The zero-order valence-electron chi connectivity index (χ0n) is 14.9. The van der Waals surface area contributed by atoms with Crippen molar-refractivity contribution in [3.05, 3.63) is 47.6 Å². The maximum atomic E-state index is 12.4. The molecule has 3 rings (SSSR count). The molecule has 5 nitrogen and oxygen atoms in total. The number of ketones is 1. The molecular weight excluding hydrogens is 318 g/mol. The third-order valence-corrected chi connectivity index (χ3v) is 4.25. The lowest BCUT2D eigenvalue weighted by Gasteiger charge is -2.27. The van der Waals surface area contributed by atoms with Gasteiger partial charge in [0.25, 0.3) is 0 Å². The second kappa shape index (κ2) is 7.85. The summed E-state index contributed by atoms with van der Waals surface area (Å²) in [6.07, 6.45) is 1.71. The molecule has 0 saturated carbocycles. The van der Waals surface area contributed by atoms with Crippen LogP contribution >= 0.6 is 0 Å². The number of morpholine rings is 1. The molecule has 0 unspecified atom stereocenters. The molecule has 1 aliphatic carbocycles. The van der Waals surface area contributed by atoms with E-state index in [1.54, 1.807) is 12.1 Å². The fourth-order valence-electron chi connectivity index (χ4n) is 3.02. The molecule has 1 aromatic carbocycles. The fourth-order valence-corrected chi connectivity index (χ4v) is 3.02. The predicted octanol–water partition coefficient (Wildman–Crippen LogP) is 2.92. The van der Waals surface area contributed by atoms with E-state index in [1.165, 1.54) is 0 Å². The molecule has 0 bridgehead atoms. The van der Waals surface area contributed by atoms with E-state index in [9.17, 15) is 4.79 Å². The number of benzene rings is 1. The molecule has 134 valence electrons. The number of ether oxygens (including phenoxy) is 3. The number of carbonyl (C=O) groups excluding carboxylic acids is 1. The van der Waals surface area contributed by atoms with E-state index in [0.717, 1.165) is 38.4 Å². The van der Waals surface area contributed by atoms with Gasteiger partial charge in [0.05, 0.1) is 24.9 Å². The van der Waals surface area contributed by atoms with Crippen molar-refractivity contribution in [1.82, 2.24) is 4.90 Å². The first-order chi connectivity index (χ1) is 12.1. The molecule has 1 saturated heterocycles. The Labute approximate surface area is 148 Å². The molecule has 5 heteroatoms. The molecule has 1 aromatic rings. The number of Topliss-reactive ketones (excluding diaryl/α,β-unsaturated/α-hetero) is 1. The van der Waals surface area contributed by atoms with Gasteiger partial charge < -0.3 is 14.2 Å². The third-order valence-electron chi connectivity index (χ3n) is 4.25. The molecule has 0 radical (unpaired) electrons. The minimum Gasteiger partial charge on any atom is -0.491 e. The van der Waals surface area contributed by atoms with Crippen LogP contribution in [-0.2, 0) is 9.47 Å². The molecule has 2 aliphatic rings. The van der Waals surface area contributed by atoms with Crippen molar-refractivity contribution in [3.63, 3.8) is 0 Å². The summed E-state index contributed by atoms with van der Waals surface area (Å²) in [6, 6.07) is 5.53. The van der Waals surface area contributed by atoms with Gasteiger partial charge in [-0.05, 0) is 26.0 Å². The summed E-state index contributed by atoms with van der Waals surface area (Å²) in [7, 11) is 0. The van der Waals surface area contributed by atoms with Crippen LogP contribution in [0.2, 0.25) is 0 Å². The molecule has 0 aromatic heterocycles. The molecule has 0 N–H and O–H groups in total. The topological polar surface area (TPSA) is 48.0 Å². The van der Waals surface area contributed by atoms with Crippen molar-refractivity contribution in [2.75, 3.05) is 39.5 Å². The maximum absolute atomic E-state index is 12.4. The number of nitrogens with zero attached hydrogens (tertiary/aromatic N) is 1. The van der Waals surface area contributed by atoms with Crippen LogP contribution in [0.4, 0.5) is 0 Å². The summed E-state index contributed by atoms with van der Waals surface area (Å²) < 4.78 is 17.3. The van der Waals surface area contributed by atoms with Crippen LogP contribution in [0.5, 0.6) is 5.75 Å². The first kappa shape index (κ1) is 17.7. The van der Waals surface area contributed by atoms with Gasteiger partial charge in [-0.3, -0.25) is 9.69 Å². The third kappa shape index (κ3) is 4.11. The molecular formula is C20H25NO4. The molecule has 0 spiro atoms. The van der Waals surface area contributed by atoms with E-state index in [2.05, 4.69) is 11.5 Å². The van der Waals surface area contributed by atoms with Crippen LogP contribution in [0.3, 0.4) is 0 Å². The second-order valence-corrected chi connectivity index (χ2v) is 6.51. The summed E-state index contributed by atoms with van der Waals surface area (Å²) >= 11 is 0. The number of rotatable bonds is 6. The van der Waals surface area contributed by atoms with E-state index in [0.29, 0.717) is 29.3 Å². The van der Waals surface area contributed by atoms with Crippen LogP contribution in [0.25, 0.3) is 5.76 Å². The molecule has 1 fully saturated rings. The molecule has 0 amide bonds. The van der Waals surface area contributed by atoms with E-state index in [1.807, 2.05) is 26.0 Å². The average Bonchev–Trinajstić information content (AvgIpc) is 2.60. The van der Waals surface area contributed by atoms with Gasteiger partial charge >= 0.3 is 0 Å².